The first-order chi connectivity index (χ1) is 9.35. The number of carbonyl (C=O) groups excluding carboxylic acids is 3. The van der Waals surface area contributed by atoms with Gasteiger partial charge in [0.1, 0.15) is 11.3 Å². The van der Waals surface area contributed by atoms with Gasteiger partial charge in [0.05, 0.1) is 0 Å². The molecule has 0 aliphatic rings. The Morgan fingerprint density at radius 3 is 2.55 bits per heavy atom. The van der Waals surface area contributed by atoms with Crippen molar-refractivity contribution in [2.45, 2.75) is 13.0 Å². The molecule has 0 aliphatic carbocycles. The molecular formula is C12H13ClN2O5. The summed E-state index contributed by atoms with van der Waals surface area (Å²) in [5.41, 5.74) is -0.131. The molecule has 1 aromatic rings. The normalized spacial score (nSPS) is 11.3. The molecule has 1 aromatic carbocycles. The smallest absolute Gasteiger partial charge is 0.342 e. The van der Waals surface area contributed by atoms with Crippen LogP contribution < -0.4 is 10.6 Å². The summed E-state index contributed by atoms with van der Waals surface area (Å²) in [5, 5.41) is 13.9. The maximum Gasteiger partial charge on any atom is 0.342 e. The van der Waals surface area contributed by atoms with Crippen LogP contribution in [0.2, 0.25) is 5.02 Å². The van der Waals surface area contributed by atoms with Crippen molar-refractivity contribution in [2.75, 3.05) is 7.05 Å². The molecule has 0 unspecified atom stereocenters. The van der Waals surface area contributed by atoms with E-state index in [0.717, 1.165) is 0 Å². The number of rotatable bonds is 3. The molecule has 108 valence electrons. The van der Waals surface area contributed by atoms with E-state index in [9.17, 15) is 19.5 Å². The second kappa shape index (κ2) is 6.76. The number of phenolic OH excluding ortho intramolecular Hbond substituents is 1. The highest BCUT2D eigenvalue weighted by Gasteiger charge is 2.22. The number of esters is 1. The van der Waals surface area contributed by atoms with Crippen LogP contribution in [-0.4, -0.2) is 36.2 Å². The monoisotopic (exact) mass is 300 g/mol. The number of hydrogen-bond acceptors (Lipinski definition) is 5. The third-order valence-electron chi connectivity index (χ3n) is 2.30. The molecule has 8 heteroatoms. The minimum Gasteiger partial charge on any atom is -0.507 e. The Hall–Kier alpha value is -2.28. The van der Waals surface area contributed by atoms with Gasteiger partial charge in [0, 0.05) is 12.1 Å². The van der Waals surface area contributed by atoms with Gasteiger partial charge >= 0.3 is 12.0 Å². The van der Waals surface area contributed by atoms with Crippen molar-refractivity contribution in [3.8, 4) is 5.75 Å². The van der Waals surface area contributed by atoms with Crippen molar-refractivity contribution >= 4 is 29.5 Å². The highest BCUT2D eigenvalue weighted by molar-refractivity contribution is 6.30. The molecule has 0 spiro atoms. The van der Waals surface area contributed by atoms with Crippen LogP contribution in [0.4, 0.5) is 4.79 Å². The molecular weight excluding hydrogens is 288 g/mol. The Bertz CT molecular complexity index is 547. The quantitative estimate of drug-likeness (QED) is 0.724. The molecule has 0 aromatic heterocycles. The molecule has 0 saturated carbocycles. The summed E-state index contributed by atoms with van der Waals surface area (Å²) in [6.07, 6.45) is -1.20. The van der Waals surface area contributed by atoms with Gasteiger partial charge in [-0.05, 0) is 25.1 Å². The van der Waals surface area contributed by atoms with Gasteiger partial charge in [-0.3, -0.25) is 10.1 Å². The molecule has 0 saturated heterocycles. The van der Waals surface area contributed by atoms with Crippen LogP contribution in [0, 0.1) is 0 Å². The first-order valence-corrected chi connectivity index (χ1v) is 5.95. The zero-order valence-corrected chi connectivity index (χ0v) is 11.5. The number of aromatic hydroxyl groups is 1. The fourth-order valence-corrected chi connectivity index (χ4v) is 1.40. The van der Waals surface area contributed by atoms with E-state index in [1.807, 2.05) is 5.32 Å². The van der Waals surface area contributed by atoms with Crippen molar-refractivity contribution in [2.24, 2.45) is 0 Å². The van der Waals surface area contributed by atoms with Gasteiger partial charge in [-0.1, -0.05) is 11.6 Å². The van der Waals surface area contributed by atoms with Crippen LogP contribution in [-0.2, 0) is 9.53 Å². The Labute approximate surface area is 119 Å². The summed E-state index contributed by atoms with van der Waals surface area (Å²) in [6.45, 7) is 1.29. The Balaban J connectivity index is 2.70. The highest BCUT2D eigenvalue weighted by atomic mass is 35.5. The number of carbonyl (C=O) groups is 3. The molecule has 1 atom stereocenters. The van der Waals surface area contributed by atoms with E-state index in [1.165, 1.54) is 32.2 Å². The fraction of sp³-hybridized carbons (Fsp3) is 0.250. The first kappa shape index (κ1) is 15.8. The van der Waals surface area contributed by atoms with Gasteiger partial charge < -0.3 is 15.2 Å². The van der Waals surface area contributed by atoms with E-state index in [0.29, 0.717) is 0 Å². The van der Waals surface area contributed by atoms with E-state index >= 15 is 0 Å². The number of phenols is 1. The van der Waals surface area contributed by atoms with Crippen molar-refractivity contribution in [3.05, 3.63) is 28.8 Å². The summed E-state index contributed by atoms with van der Waals surface area (Å²) >= 11 is 5.63. The number of imide groups is 1. The van der Waals surface area contributed by atoms with E-state index in [1.54, 1.807) is 0 Å². The number of amides is 3. The third kappa shape index (κ3) is 4.13. The molecule has 7 nitrogen and oxygen atoms in total. The van der Waals surface area contributed by atoms with Crippen LogP contribution in [0.1, 0.15) is 17.3 Å². The Morgan fingerprint density at radius 2 is 2.00 bits per heavy atom. The average molecular weight is 301 g/mol. The number of benzene rings is 1. The number of hydrogen-bond donors (Lipinski definition) is 3. The molecule has 0 fully saturated rings. The predicted molar refractivity (Wildman–Crippen MR) is 70.6 cm³/mol. The average Bonchev–Trinajstić information content (AvgIpc) is 2.37. The second-order valence-electron chi connectivity index (χ2n) is 3.78. The molecule has 0 radical (unpaired) electrons. The van der Waals surface area contributed by atoms with Gasteiger partial charge in [-0.25, -0.2) is 9.59 Å². The molecule has 20 heavy (non-hydrogen) atoms. The highest BCUT2D eigenvalue weighted by Crippen LogP contribution is 2.22. The van der Waals surface area contributed by atoms with Crippen LogP contribution in [0.5, 0.6) is 5.75 Å². The van der Waals surface area contributed by atoms with Crippen molar-refractivity contribution < 1.29 is 24.2 Å². The lowest BCUT2D eigenvalue weighted by atomic mass is 10.2. The van der Waals surface area contributed by atoms with E-state index in [2.05, 4.69) is 5.32 Å². The third-order valence-corrected chi connectivity index (χ3v) is 2.53. The SMILES string of the molecule is CNC(=O)NC(=O)[C@@H](C)OC(=O)c1ccc(Cl)cc1O. The predicted octanol–water partition coefficient (Wildman–Crippen LogP) is 1.05. The first-order valence-electron chi connectivity index (χ1n) is 5.57. The lowest BCUT2D eigenvalue weighted by molar-refractivity contribution is -0.127. The lowest BCUT2D eigenvalue weighted by Gasteiger charge is -2.13. The zero-order valence-electron chi connectivity index (χ0n) is 10.8. The molecule has 3 N–H and O–H groups in total. The van der Waals surface area contributed by atoms with Gasteiger partial charge in [0.2, 0.25) is 0 Å². The molecule has 3 amide bonds. The minimum atomic E-state index is -1.20. The lowest BCUT2D eigenvalue weighted by Crippen LogP contribution is -2.43. The maximum atomic E-state index is 11.7. The van der Waals surface area contributed by atoms with Gasteiger partial charge in [0.15, 0.2) is 6.10 Å². The van der Waals surface area contributed by atoms with Crippen LogP contribution in [0.15, 0.2) is 18.2 Å². The number of nitrogens with one attached hydrogen (secondary N) is 2. The van der Waals surface area contributed by atoms with Gasteiger partial charge in [-0.15, -0.1) is 0 Å². The second-order valence-corrected chi connectivity index (χ2v) is 4.21. The molecule has 0 bridgehead atoms. The summed E-state index contributed by atoms with van der Waals surface area (Å²) in [6, 6.07) is 3.12. The topological polar surface area (TPSA) is 105 Å². The Kier molecular flexibility index (Phi) is 5.33. The molecule has 1 rings (SSSR count). The number of ether oxygens (including phenoxy) is 1. The summed E-state index contributed by atoms with van der Waals surface area (Å²) in [7, 11) is 1.34. The number of urea groups is 1. The van der Waals surface area contributed by atoms with E-state index < -0.39 is 24.0 Å². The van der Waals surface area contributed by atoms with E-state index in [4.69, 9.17) is 16.3 Å². The summed E-state index contributed by atoms with van der Waals surface area (Å²) < 4.78 is 4.83. The van der Waals surface area contributed by atoms with E-state index in [-0.39, 0.29) is 16.3 Å². The fourth-order valence-electron chi connectivity index (χ4n) is 1.23. The van der Waals surface area contributed by atoms with Gasteiger partial charge in [-0.2, -0.15) is 0 Å². The van der Waals surface area contributed by atoms with Crippen molar-refractivity contribution in [3.63, 3.8) is 0 Å². The molecule has 0 aliphatic heterocycles. The van der Waals surface area contributed by atoms with Crippen molar-refractivity contribution in [1.82, 2.24) is 10.6 Å². The zero-order chi connectivity index (χ0) is 15.3. The van der Waals surface area contributed by atoms with Crippen LogP contribution in [0.25, 0.3) is 0 Å². The van der Waals surface area contributed by atoms with Crippen LogP contribution in [0.3, 0.4) is 0 Å². The standard InChI is InChI=1S/C12H13ClN2O5/c1-6(10(17)15-12(19)14-2)20-11(18)8-4-3-7(13)5-9(8)16/h3-6,16H,1-2H3,(H2,14,15,17,19)/t6-/m1/s1. The maximum absolute atomic E-state index is 11.7. The van der Waals surface area contributed by atoms with Crippen molar-refractivity contribution in [1.29, 1.82) is 0 Å². The van der Waals surface area contributed by atoms with Gasteiger partial charge in [0.25, 0.3) is 5.91 Å². The summed E-state index contributed by atoms with van der Waals surface area (Å²) in [5.74, 6) is -2.05. The number of halogens is 1. The minimum absolute atomic E-state index is 0.131. The van der Waals surface area contributed by atoms with Crippen LogP contribution >= 0.6 is 11.6 Å². The largest absolute Gasteiger partial charge is 0.507 e. The summed E-state index contributed by atoms with van der Waals surface area (Å²) in [4.78, 5) is 34.2. The Morgan fingerprint density at radius 1 is 1.35 bits per heavy atom. The molecule has 0 heterocycles.